The van der Waals surface area contributed by atoms with Crippen LogP contribution in [-0.4, -0.2) is 29.8 Å². The summed E-state index contributed by atoms with van der Waals surface area (Å²) in [5, 5.41) is 3.50. The van der Waals surface area contributed by atoms with Crippen LogP contribution in [0.3, 0.4) is 0 Å². The van der Waals surface area contributed by atoms with E-state index in [4.69, 9.17) is 9.98 Å². The number of rotatable bonds is 3. The molecule has 29 heavy (non-hydrogen) atoms. The fourth-order valence-corrected chi connectivity index (χ4v) is 3.34. The third kappa shape index (κ3) is 5.11. The van der Waals surface area contributed by atoms with Crippen LogP contribution in [0.15, 0.2) is 94.9 Å². The van der Waals surface area contributed by atoms with Crippen LogP contribution in [0.5, 0.6) is 0 Å². The molecular formula is C25H26N4. The van der Waals surface area contributed by atoms with Crippen LogP contribution < -0.4 is 5.32 Å². The van der Waals surface area contributed by atoms with E-state index in [2.05, 4.69) is 53.5 Å². The Morgan fingerprint density at radius 1 is 0.793 bits per heavy atom. The first kappa shape index (κ1) is 18.9. The summed E-state index contributed by atoms with van der Waals surface area (Å²) in [5.74, 6) is 1.56. The Labute approximate surface area is 172 Å². The topological polar surface area (TPSA) is 40.0 Å². The molecule has 0 spiro atoms. The molecule has 1 saturated heterocycles. The zero-order valence-corrected chi connectivity index (χ0v) is 16.8. The Morgan fingerprint density at radius 2 is 1.41 bits per heavy atom. The number of guanidine groups is 1. The quantitative estimate of drug-likeness (QED) is 0.470. The van der Waals surface area contributed by atoms with Crippen LogP contribution in [0.1, 0.15) is 24.0 Å². The van der Waals surface area contributed by atoms with Crippen molar-refractivity contribution in [1.82, 2.24) is 4.90 Å². The molecule has 1 fully saturated rings. The van der Waals surface area contributed by atoms with Gasteiger partial charge < -0.3 is 10.2 Å². The minimum absolute atomic E-state index is 0.757. The molecule has 0 aromatic heterocycles. The number of nitrogens with one attached hydrogen (secondary N) is 1. The third-order valence-electron chi connectivity index (χ3n) is 4.95. The molecule has 1 aliphatic rings. The van der Waals surface area contributed by atoms with Gasteiger partial charge >= 0.3 is 0 Å². The van der Waals surface area contributed by atoms with Crippen LogP contribution in [0, 0.1) is 6.92 Å². The number of para-hydroxylation sites is 1. The molecule has 3 aromatic rings. The standard InChI is InChI=1S/C25H26N4/c1-20-14-16-23(17-15-20)26-24(21-10-4-2-5-11-21)28-25(29-18-8-9-19-29)27-22-12-6-3-7-13-22/h2-7,10-17H,8-9,18-19H2,1H3,(H,26,27,28). The highest BCUT2D eigenvalue weighted by Crippen LogP contribution is 2.17. The number of hydrogen-bond acceptors (Lipinski definition) is 1. The van der Waals surface area contributed by atoms with Crippen LogP contribution in [0.4, 0.5) is 11.4 Å². The van der Waals surface area contributed by atoms with E-state index in [9.17, 15) is 0 Å². The predicted molar refractivity (Wildman–Crippen MR) is 122 cm³/mol. The Hall–Kier alpha value is -3.40. The molecule has 0 amide bonds. The fraction of sp³-hybridized carbons (Fsp3) is 0.200. The third-order valence-corrected chi connectivity index (χ3v) is 4.95. The number of likely N-dealkylation sites (tertiary alicyclic amines) is 1. The average Bonchev–Trinajstić information content (AvgIpc) is 3.30. The molecule has 4 nitrogen and oxygen atoms in total. The summed E-state index contributed by atoms with van der Waals surface area (Å²) in [5.41, 5.74) is 4.20. The first-order valence-electron chi connectivity index (χ1n) is 10.1. The fourth-order valence-electron chi connectivity index (χ4n) is 3.34. The molecule has 1 aliphatic heterocycles. The van der Waals surface area contributed by atoms with Crippen molar-refractivity contribution in [3.8, 4) is 0 Å². The summed E-state index contributed by atoms with van der Waals surface area (Å²) < 4.78 is 0. The Morgan fingerprint density at radius 3 is 2.07 bits per heavy atom. The second kappa shape index (κ2) is 9.20. The second-order valence-electron chi connectivity index (χ2n) is 7.26. The number of hydrogen-bond donors (Lipinski definition) is 1. The van der Waals surface area contributed by atoms with Crippen molar-refractivity contribution in [2.24, 2.45) is 9.98 Å². The number of aryl methyl sites for hydroxylation is 1. The van der Waals surface area contributed by atoms with E-state index in [0.717, 1.165) is 41.8 Å². The van der Waals surface area contributed by atoms with E-state index >= 15 is 0 Å². The first-order chi connectivity index (χ1) is 14.3. The molecule has 0 unspecified atom stereocenters. The highest BCUT2D eigenvalue weighted by Gasteiger charge is 2.17. The lowest BCUT2D eigenvalue weighted by Gasteiger charge is -2.19. The molecule has 0 radical (unpaired) electrons. The van der Waals surface area contributed by atoms with Crippen LogP contribution in [-0.2, 0) is 0 Å². The van der Waals surface area contributed by atoms with E-state index in [1.165, 1.54) is 18.4 Å². The van der Waals surface area contributed by atoms with Crippen LogP contribution in [0.2, 0.25) is 0 Å². The highest BCUT2D eigenvalue weighted by atomic mass is 15.3. The summed E-state index contributed by atoms with van der Waals surface area (Å²) in [7, 11) is 0. The monoisotopic (exact) mass is 382 g/mol. The maximum atomic E-state index is 5.02. The molecule has 4 rings (SSSR count). The van der Waals surface area contributed by atoms with Gasteiger partial charge in [0.15, 0.2) is 0 Å². The smallest absolute Gasteiger partial charge is 0.227 e. The van der Waals surface area contributed by atoms with Crippen molar-refractivity contribution in [3.05, 3.63) is 96.1 Å². The van der Waals surface area contributed by atoms with Crippen molar-refractivity contribution in [2.75, 3.05) is 18.4 Å². The van der Waals surface area contributed by atoms with Gasteiger partial charge in [-0.05, 0) is 44.0 Å². The zero-order valence-electron chi connectivity index (χ0n) is 16.8. The highest BCUT2D eigenvalue weighted by molar-refractivity contribution is 6.13. The number of benzene rings is 3. The summed E-state index contributed by atoms with van der Waals surface area (Å²) in [4.78, 5) is 12.2. The predicted octanol–water partition coefficient (Wildman–Crippen LogP) is 5.64. The lowest BCUT2D eigenvalue weighted by atomic mass is 10.2. The molecule has 4 heteroatoms. The van der Waals surface area contributed by atoms with Gasteiger partial charge in [0.2, 0.25) is 5.96 Å². The molecule has 0 saturated carbocycles. The minimum Gasteiger partial charge on any atom is -0.341 e. The van der Waals surface area contributed by atoms with Crippen molar-refractivity contribution in [1.29, 1.82) is 0 Å². The van der Waals surface area contributed by atoms with Gasteiger partial charge in [-0.1, -0.05) is 66.2 Å². The van der Waals surface area contributed by atoms with Gasteiger partial charge in [0.25, 0.3) is 0 Å². The SMILES string of the molecule is Cc1ccc(N/C(=N/C(=Nc2ccccc2)N2CCCC2)c2ccccc2)cc1. The first-order valence-corrected chi connectivity index (χ1v) is 10.1. The van der Waals surface area contributed by atoms with Crippen molar-refractivity contribution in [2.45, 2.75) is 19.8 Å². The summed E-state index contributed by atoms with van der Waals surface area (Å²) in [6, 6.07) is 28.6. The van der Waals surface area contributed by atoms with Crippen molar-refractivity contribution < 1.29 is 0 Å². The minimum atomic E-state index is 0.757. The van der Waals surface area contributed by atoms with Crippen molar-refractivity contribution in [3.63, 3.8) is 0 Å². The number of anilines is 1. The Bertz CT molecular complexity index is 970. The number of amidine groups is 1. The van der Waals surface area contributed by atoms with E-state index < -0.39 is 0 Å². The summed E-state index contributed by atoms with van der Waals surface area (Å²) >= 11 is 0. The van der Waals surface area contributed by atoms with Gasteiger partial charge in [-0.25, -0.2) is 4.99 Å². The van der Waals surface area contributed by atoms with Crippen LogP contribution in [0.25, 0.3) is 0 Å². The Balaban J connectivity index is 1.74. The normalized spacial score (nSPS) is 14.9. The number of nitrogens with zero attached hydrogens (tertiary/aromatic N) is 3. The molecule has 1 N–H and O–H groups in total. The maximum absolute atomic E-state index is 5.02. The van der Waals surface area contributed by atoms with E-state index in [1.54, 1.807) is 0 Å². The average molecular weight is 383 g/mol. The summed E-state index contributed by atoms with van der Waals surface area (Å²) in [6.07, 6.45) is 2.35. The molecule has 3 aromatic carbocycles. The van der Waals surface area contributed by atoms with Gasteiger partial charge in [0, 0.05) is 24.3 Å². The van der Waals surface area contributed by atoms with Crippen LogP contribution >= 0.6 is 0 Å². The molecular weight excluding hydrogens is 356 g/mol. The largest absolute Gasteiger partial charge is 0.341 e. The molecule has 146 valence electrons. The molecule has 0 aliphatic carbocycles. The van der Waals surface area contributed by atoms with Gasteiger partial charge in [-0.15, -0.1) is 0 Å². The number of aliphatic imine (C=N–C) groups is 2. The van der Waals surface area contributed by atoms with Gasteiger partial charge in [0.1, 0.15) is 5.84 Å². The van der Waals surface area contributed by atoms with Gasteiger partial charge in [-0.2, -0.15) is 4.99 Å². The lowest BCUT2D eigenvalue weighted by molar-refractivity contribution is 0.514. The summed E-state index contributed by atoms with van der Waals surface area (Å²) in [6.45, 7) is 4.07. The molecule has 0 atom stereocenters. The van der Waals surface area contributed by atoms with Gasteiger partial charge in [-0.3, -0.25) is 0 Å². The van der Waals surface area contributed by atoms with Gasteiger partial charge in [0.05, 0.1) is 5.69 Å². The zero-order chi connectivity index (χ0) is 19.9. The molecule has 1 heterocycles. The van der Waals surface area contributed by atoms with E-state index in [1.807, 2.05) is 48.5 Å². The van der Waals surface area contributed by atoms with E-state index in [-0.39, 0.29) is 0 Å². The van der Waals surface area contributed by atoms with Crippen molar-refractivity contribution >= 4 is 23.2 Å². The molecule has 0 bridgehead atoms. The van der Waals surface area contributed by atoms with E-state index in [0.29, 0.717) is 0 Å². The second-order valence-corrected chi connectivity index (χ2v) is 7.26. The Kier molecular flexibility index (Phi) is 6.01. The lowest BCUT2D eigenvalue weighted by Crippen LogP contribution is -2.28. The maximum Gasteiger partial charge on any atom is 0.227 e.